The van der Waals surface area contributed by atoms with Gasteiger partial charge in [0.15, 0.2) is 6.10 Å². The van der Waals surface area contributed by atoms with Gasteiger partial charge in [0.2, 0.25) is 11.8 Å². The highest BCUT2D eigenvalue weighted by molar-refractivity contribution is 5.96. The van der Waals surface area contributed by atoms with Gasteiger partial charge in [-0.1, -0.05) is 26.0 Å². The highest BCUT2D eigenvalue weighted by atomic mass is 16.6. The predicted molar refractivity (Wildman–Crippen MR) is 135 cm³/mol. The second-order valence-corrected chi connectivity index (χ2v) is 10.3. The number of ether oxygens (including phenoxy) is 1. The number of benzene rings is 1. The van der Waals surface area contributed by atoms with Crippen molar-refractivity contribution < 1.29 is 29.0 Å². The van der Waals surface area contributed by atoms with Crippen molar-refractivity contribution in [3.63, 3.8) is 0 Å². The van der Waals surface area contributed by atoms with Crippen molar-refractivity contribution in [2.45, 2.75) is 52.4 Å². The third-order valence-corrected chi connectivity index (χ3v) is 5.60. The van der Waals surface area contributed by atoms with E-state index in [2.05, 4.69) is 20.9 Å². The Bertz CT molecular complexity index is 920. The Kier molecular flexibility index (Phi) is 10.2. The lowest BCUT2D eigenvalue weighted by molar-refractivity contribution is -0.142. The molecule has 2 atom stereocenters. The van der Waals surface area contributed by atoms with E-state index in [1.165, 1.54) is 0 Å². The third-order valence-electron chi connectivity index (χ3n) is 5.60. The molecule has 2 unspecified atom stereocenters. The Morgan fingerprint density at radius 2 is 1.61 bits per heavy atom. The molecule has 11 nitrogen and oxygen atoms in total. The molecule has 4 N–H and O–H groups in total. The van der Waals surface area contributed by atoms with Crippen LogP contribution in [-0.2, 0) is 19.1 Å². The zero-order valence-electron chi connectivity index (χ0n) is 22.0. The maximum Gasteiger partial charge on any atom is 0.408 e. The number of hydrogen-bond acceptors (Lipinski definition) is 7. The van der Waals surface area contributed by atoms with E-state index < -0.39 is 35.7 Å². The van der Waals surface area contributed by atoms with Crippen LogP contribution in [0.25, 0.3) is 0 Å². The molecule has 11 heteroatoms. The monoisotopic (exact) mass is 505 g/mol. The summed E-state index contributed by atoms with van der Waals surface area (Å²) in [6.45, 7) is 11.1. The molecular weight excluding hydrogens is 466 g/mol. The molecule has 200 valence electrons. The van der Waals surface area contributed by atoms with Gasteiger partial charge in [-0.15, -0.1) is 0 Å². The quantitative estimate of drug-likeness (QED) is 0.415. The van der Waals surface area contributed by atoms with Gasteiger partial charge in [-0.05, 0) is 51.4 Å². The molecule has 1 heterocycles. The second kappa shape index (κ2) is 12.7. The van der Waals surface area contributed by atoms with Gasteiger partial charge in [0.25, 0.3) is 5.91 Å². The fourth-order valence-electron chi connectivity index (χ4n) is 3.54. The first kappa shape index (κ1) is 29.1. The zero-order valence-corrected chi connectivity index (χ0v) is 22.0. The fourth-order valence-corrected chi connectivity index (χ4v) is 3.54. The molecule has 0 spiro atoms. The maximum absolute atomic E-state index is 12.6. The van der Waals surface area contributed by atoms with Crippen molar-refractivity contribution in [1.29, 1.82) is 0 Å². The SMILES string of the molecule is CC(C)C(NC(=O)OC(C)(C)C)C(=O)NCC(=O)Nc1ccc(C(O)C(=O)N2CCN(C)CC2)cc1. The molecule has 0 radical (unpaired) electrons. The van der Waals surface area contributed by atoms with Crippen LogP contribution >= 0.6 is 0 Å². The normalized spacial score (nSPS) is 16.2. The highest BCUT2D eigenvalue weighted by Crippen LogP contribution is 2.19. The van der Waals surface area contributed by atoms with Crippen molar-refractivity contribution in [3.05, 3.63) is 29.8 Å². The van der Waals surface area contributed by atoms with Crippen LogP contribution in [0.5, 0.6) is 0 Å². The van der Waals surface area contributed by atoms with E-state index in [0.717, 1.165) is 13.1 Å². The summed E-state index contributed by atoms with van der Waals surface area (Å²) in [7, 11) is 1.99. The van der Waals surface area contributed by atoms with Crippen LogP contribution in [0.4, 0.5) is 10.5 Å². The molecular formula is C25H39N5O6. The lowest BCUT2D eigenvalue weighted by Gasteiger charge is -2.33. The molecule has 1 aliphatic heterocycles. The fraction of sp³-hybridized carbons (Fsp3) is 0.600. The van der Waals surface area contributed by atoms with E-state index >= 15 is 0 Å². The lowest BCUT2D eigenvalue weighted by atomic mass is 10.0. The molecule has 0 aliphatic carbocycles. The molecule has 1 fully saturated rings. The Morgan fingerprint density at radius 3 is 2.14 bits per heavy atom. The van der Waals surface area contributed by atoms with Crippen LogP contribution in [-0.4, -0.2) is 90.1 Å². The van der Waals surface area contributed by atoms with Crippen molar-refractivity contribution in [1.82, 2.24) is 20.4 Å². The van der Waals surface area contributed by atoms with E-state index in [4.69, 9.17) is 4.74 Å². The van der Waals surface area contributed by atoms with Crippen LogP contribution in [0, 0.1) is 5.92 Å². The van der Waals surface area contributed by atoms with Crippen molar-refractivity contribution in [2.75, 3.05) is 45.1 Å². The molecule has 1 aromatic carbocycles. The predicted octanol–water partition coefficient (Wildman–Crippen LogP) is 1.10. The summed E-state index contributed by atoms with van der Waals surface area (Å²) in [6, 6.07) is 5.44. The first-order chi connectivity index (χ1) is 16.8. The van der Waals surface area contributed by atoms with Crippen LogP contribution in [0.15, 0.2) is 24.3 Å². The summed E-state index contributed by atoms with van der Waals surface area (Å²) in [5.74, 6) is -1.55. The van der Waals surface area contributed by atoms with Gasteiger partial charge < -0.3 is 35.6 Å². The van der Waals surface area contributed by atoms with Crippen LogP contribution in [0.3, 0.4) is 0 Å². The smallest absolute Gasteiger partial charge is 0.408 e. The number of nitrogens with one attached hydrogen (secondary N) is 3. The standard InChI is InChI=1S/C25H39N5O6/c1-16(2)20(28-24(35)36-25(3,4)5)22(33)26-15-19(31)27-18-9-7-17(8-10-18)21(32)23(34)30-13-11-29(6)12-14-30/h7-10,16,20-21,32H,11-15H2,1-6H3,(H,26,33)(H,27,31)(H,28,35). The molecule has 1 aliphatic rings. The van der Waals surface area contributed by atoms with Crippen LogP contribution in [0.2, 0.25) is 0 Å². The molecule has 36 heavy (non-hydrogen) atoms. The number of aliphatic hydroxyl groups is 1. The summed E-state index contributed by atoms with van der Waals surface area (Å²) in [5.41, 5.74) is 0.175. The van der Waals surface area contributed by atoms with E-state index in [0.29, 0.717) is 24.3 Å². The molecule has 0 aromatic heterocycles. The molecule has 0 bridgehead atoms. The number of piperazine rings is 1. The van der Waals surface area contributed by atoms with Crippen molar-refractivity contribution >= 4 is 29.5 Å². The summed E-state index contributed by atoms with van der Waals surface area (Å²) < 4.78 is 5.20. The average molecular weight is 506 g/mol. The Balaban J connectivity index is 1.86. The first-order valence-electron chi connectivity index (χ1n) is 12.1. The Morgan fingerprint density at radius 1 is 1.03 bits per heavy atom. The van der Waals surface area contributed by atoms with E-state index in [1.54, 1.807) is 63.8 Å². The van der Waals surface area contributed by atoms with Gasteiger partial charge in [0, 0.05) is 31.9 Å². The van der Waals surface area contributed by atoms with Crippen LogP contribution < -0.4 is 16.0 Å². The van der Waals surface area contributed by atoms with Gasteiger partial charge in [-0.2, -0.15) is 0 Å². The van der Waals surface area contributed by atoms with E-state index in [1.807, 2.05) is 7.05 Å². The number of hydrogen-bond donors (Lipinski definition) is 4. The molecule has 1 aromatic rings. The number of carbonyl (C=O) groups excluding carboxylic acids is 4. The largest absolute Gasteiger partial charge is 0.444 e. The summed E-state index contributed by atoms with van der Waals surface area (Å²) in [5, 5.41) is 18.2. The van der Waals surface area contributed by atoms with E-state index in [-0.39, 0.29) is 18.4 Å². The minimum absolute atomic E-state index is 0.229. The topological polar surface area (TPSA) is 140 Å². The number of aliphatic hydroxyl groups excluding tert-OH is 1. The number of carbonyl (C=O) groups is 4. The molecule has 1 saturated heterocycles. The van der Waals surface area contributed by atoms with Crippen molar-refractivity contribution in [3.8, 4) is 0 Å². The number of amides is 4. The number of rotatable bonds is 8. The maximum atomic E-state index is 12.6. The highest BCUT2D eigenvalue weighted by Gasteiger charge is 2.28. The van der Waals surface area contributed by atoms with Gasteiger partial charge in [0.05, 0.1) is 6.54 Å². The minimum Gasteiger partial charge on any atom is -0.444 e. The lowest BCUT2D eigenvalue weighted by Crippen LogP contribution is -2.52. The summed E-state index contributed by atoms with van der Waals surface area (Å²) >= 11 is 0. The number of likely N-dealkylation sites (N-methyl/N-ethyl adjacent to an activating group) is 1. The molecule has 0 saturated carbocycles. The number of anilines is 1. The van der Waals surface area contributed by atoms with Gasteiger partial charge in [0.1, 0.15) is 11.6 Å². The second-order valence-electron chi connectivity index (χ2n) is 10.3. The van der Waals surface area contributed by atoms with Gasteiger partial charge >= 0.3 is 6.09 Å². The first-order valence-corrected chi connectivity index (χ1v) is 12.1. The Labute approximate surface area is 212 Å². The number of nitrogens with zero attached hydrogens (tertiary/aromatic N) is 2. The average Bonchev–Trinajstić information content (AvgIpc) is 2.79. The number of alkyl carbamates (subject to hydrolysis) is 1. The van der Waals surface area contributed by atoms with Gasteiger partial charge in [-0.25, -0.2) is 4.79 Å². The van der Waals surface area contributed by atoms with Crippen LogP contribution in [0.1, 0.15) is 46.3 Å². The summed E-state index contributed by atoms with van der Waals surface area (Å²) in [6.07, 6.45) is -1.99. The zero-order chi connectivity index (χ0) is 27.0. The molecule has 2 rings (SSSR count). The summed E-state index contributed by atoms with van der Waals surface area (Å²) in [4.78, 5) is 53.2. The van der Waals surface area contributed by atoms with Gasteiger partial charge in [-0.3, -0.25) is 14.4 Å². The molecule has 4 amide bonds. The Hall–Kier alpha value is -3.18. The third kappa shape index (κ3) is 9.12. The van der Waals surface area contributed by atoms with E-state index in [9.17, 15) is 24.3 Å². The van der Waals surface area contributed by atoms with Crippen molar-refractivity contribution in [2.24, 2.45) is 5.92 Å². The minimum atomic E-state index is -1.28.